The molecule has 4 heteroatoms. The molecule has 0 heterocycles. The van der Waals surface area contributed by atoms with Crippen LogP contribution in [0, 0.1) is 5.82 Å². The number of benzene rings is 1. The summed E-state index contributed by atoms with van der Waals surface area (Å²) in [4.78, 5) is 0. The summed E-state index contributed by atoms with van der Waals surface area (Å²) in [5.41, 5.74) is 1.03. The van der Waals surface area contributed by atoms with Crippen LogP contribution < -0.4 is 5.32 Å². The van der Waals surface area contributed by atoms with Crippen molar-refractivity contribution in [2.24, 2.45) is 0 Å². The molecule has 0 aliphatic carbocycles. The predicted octanol–water partition coefficient (Wildman–Crippen LogP) is 3.47. The molecule has 1 aromatic carbocycles. The largest absolute Gasteiger partial charge is 0.313 e. The first-order valence-corrected chi connectivity index (χ1v) is 7.51. The van der Waals surface area contributed by atoms with Crippen LogP contribution in [0.2, 0.25) is 0 Å². The van der Waals surface area contributed by atoms with Gasteiger partial charge in [-0.3, -0.25) is 0 Å². The quantitative estimate of drug-likeness (QED) is 0.863. The Morgan fingerprint density at radius 1 is 1.44 bits per heavy atom. The topological polar surface area (TPSA) is 12.0 Å². The molecule has 16 heavy (non-hydrogen) atoms. The van der Waals surface area contributed by atoms with Gasteiger partial charge in [-0.05, 0) is 43.0 Å². The van der Waals surface area contributed by atoms with E-state index in [2.05, 4.69) is 34.4 Å². The van der Waals surface area contributed by atoms with Gasteiger partial charge in [-0.25, -0.2) is 4.39 Å². The molecule has 0 aromatic heterocycles. The summed E-state index contributed by atoms with van der Waals surface area (Å²) in [6.07, 6.45) is 2.96. The molecular formula is C12H17BrFNS. The van der Waals surface area contributed by atoms with Gasteiger partial charge >= 0.3 is 0 Å². The molecule has 1 aromatic rings. The van der Waals surface area contributed by atoms with Crippen molar-refractivity contribution < 1.29 is 4.39 Å². The summed E-state index contributed by atoms with van der Waals surface area (Å²) >= 11 is 5.12. The summed E-state index contributed by atoms with van der Waals surface area (Å²) in [5, 5.41) is 3.41. The third-order valence-electron chi connectivity index (χ3n) is 2.27. The lowest BCUT2D eigenvalue weighted by Gasteiger charge is -2.16. The number of halogens is 2. The SMILES string of the molecule is CCNC(CSC)Cc1cc(F)cc(Br)c1. The Balaban J connectivity index is 2.68. The summed E-state index contributed by atoms with van der Waals surface area (Å²) in [6, 6.07) is 5.48. The van der Waals surface area contributed by atoms with Gasteiger partial charge in [0.05, 0.1) is 0 Å². The van der Waals surface area contributed by atoms with Crippen molar-refractivity contribution in [2.75, 3.05) is 18.6 Å². The zero-order valence-electron chi connectivity index (χ0n) is 9.59. The van der Waals surface area contributed by atoms with Crippen molar-refractivity contribution in [2.45, 2.75) is 19.4 Å². The minimum absolute atomic E-state index is 0.177. The molecule has 90 valence electrons. The Kier molecular flexibility index (Phi) is 6.39. The Morgan fingerprint density at radius 2 is 2.19 bits per heavy atom. The van der Waals surface area contributed by atoms with E-state index in [0.29, 0.717) is 6.04 Å². The molecule has 0 saturated carbocycles. The summed E-state index contributed by atoms with van der Waals surface area (Å²) in [6.45, 7) is 3.04. The average molecular weight is 306 g/mol. The molecule has 0 aliphatic heterocycles. The van der Waals surface area contributed by atoms with Gasteiger partial charge in [-0.2, -0.15) is 11.8 Å². The summed E-state index contributed by atoms with van der Waals surface area (Å²) in [7, 11) is 0. The summed E-state index contributed by atoms with van der Waals surface area (Å²) in [5.74, 6) is 0.867. The number of likely N-dealkylation sites (N-methyl/N-ethyl adjacent to an activating group) is 1. The predicted molar refractivity (Wildman–Crippen MR) is 73.7 cm³/mol. The van der Waals surface area contributed by atoms with E-state index in [1.807, 2.05) is 17.8 Å². The zero-order valence-corrected chi connectivity index (χ0v) is 12.0. The normalized spacial score (nSPS) is 12.8. The smallest absolute Gasteiger partial charge is 0.124 e. The highest BCUT2D eigenvalue weighted by molar-refractivity contribution is 9.10. The zero-order chi connectivity index (χ0) is 12.0. The van der Waals surface area contributed by atoms with E-state index in [1.54, 1.807) is 6.07 Å². The fraction of sp³-hybridized carbons (Fsp3) is 0.500. The number of thioether (sulfide) groups is 1. The second-order valence-electron chi connectivity index (χ2n) is 3.69. The minimum atomic E-state index is -0.177. The number of nitrogens with one attached hydrogen (secondary N) is 1. The van der Waals surface area contributed by atoms with Crippen LogP contribution in [0.25, 0.3) is 0 Å². The lowest BCUT2D eigenvalue weighted by atomic mass is 10.1. The van der Waals surface area contributed by atoms with E-state index < -0.39 is 0 Å². The van der Waals surface area contributed by atoms with Gasteiger partial charge < -0.3 is 5.32 Å². The van der Waals surface area contributed by atoms with E-state index >= 15 is 0 Å². The standard InChI is InChI=1S/C12H17BrFNS/c1-3-15-12(8-16-2)6-9-4-10(13)7-11(14)5-9/h4-5,7,12,15H,3,6,8H2,1-2H3. The van der Waals surface area contributed by atoms with Gasteiger partial charge in [0.2, 0.25) is 0 Å². The Morgan fingerprint density at radius 3 is 2.75 bits per heavy atom. The molecule has 1 rings (SSSR count). The van der Waals surface area contributed by atoms with E-state index in [1.165, 1.54) is 6.07 Å². The highest BCUT2D eigenvalue weighted by Crippen LogP contribution is 2.16. The highest BCUT2D eigenvalue weighted by atomic mass is 79.9. The molecular weight excluding hydrogens is 289 g/mol. The highest BCUT2D eigenvalue weighted by Gasteiger charge is 2.08. The van der Waals surface area contributed by atoms with Crippen molar-refractivity contribution in [1.29, 1.82) is 0 Å². The number of rotatable bonds is 6. The van der Waals surface area contributed by atoms with Crippen LogP contribution >= 0.6 is 27.7 Å². The first kappa shape index (κ1) is 14.0. The van der Waals surface area contributed by atoms with E-state index in [9.17, 15) is 4.39 Å². The monoisotopic (exact) mass is 305 g/mol. The maximum Gasteiger partial charge on any atom is 0.124 e. The van der Waals surface area contributed by atoms with Crippen LogP contribution in [-0.4, -0.2) is 24.6 Å². The first-order valence-electron chi connectivity index (χ1n) is 5.33. The molecule has 0 aliphatic rings. The van der Waals surface area contributed by atoms with Gasteiger partial charge in [-0.1, -0.05) is 22.9 Å². The number of hydrogen-bond acceptors (Lipinski definition) is 2. The van der Waals surface area contributed by atoms with Gasteiger partial charge in [0.1, 0.15) is 5.82 Å². The van der Waals surface area contributed by atoms with Crippen molar-refractivity contribution in [3.05, 3.63) is 34.1 Å². The molecule has 1 N–H and O–H groups in total. The minimum Gasteiger partial charge on any atom is -0.313 e. The molecule has 0 saturated heterocycles. The van der Waals surface area contributed by atoms with Crippen molar-refractivity contribution in [3.8, 4) is 0 Å². The second kappa shape index (κ2) is 7.30. The van der Waals surface area contributed by atoms with Crippen LogP contribution in [0.5, 0.6) is 0 Å². The molecule has 0 fully saturated rings. The van der Waals surface area contributed by atoms with Crippen molar-refractivity contribution in [3.63, 3.8) is 0 Å². The van der Waals surface area contributed by atoms with Crippen molar-refractivity contribution in [1.82, 2.24) is 5.32 Å². The maximum absolute atomic E-state index is 13.2. The third-order valence-corrected chi connectivity index (χ3v) is 3.46. The molecule has 0 bridgehead atoms. The first-order chi connectivity index (χ1) is 7.65. The maximum atomic E-state index is 13.2. The molecule has 0 spiro atoms. The fourth-order valence-corrected chi connectivity index (χ4v) is 2.84. The van der Waals surface area contributed by atoms with E-state index in [4.69, 9.17) is 0 Å². The average Bonchev–Trinajstić information content (AvgIpc) is 2.16. The van der Waals surface area contributed by atoms with Gasteiger partial charge in [0.25, 0.3) is 0 Å². The van der Waals surface area contributed by atoms with Crippen LogP contribution in [0.1, 0.15) is 12.5 Å². The lowest BCUT2D eigenvalue weighted by Crippen LogP contribution is -2.33. The van der Waals surface area contributed by atoms with Gasteiger partial charge in [0.15, 0.2) is 0 Å². The lowest BCUT2D eigenvalue weighted by molar-refractivity contribution is 0.568. The van der Waals surface area contributed by atoms with Gasteiger partial charge in [0, 0.05) is 16.3 Å². The van der Waals surface area contributed by atoms with Crippen molar-refractivity contribution >= 4 is 27.7 Å². The molecule has 0 amide bonds. The van der Waals surface area contributed by atoms with E-state index in [-0.39, 0.29) is 5.82 Å². The second-order valence-corrected chi connectivity index (χ2v) is 5.52. The molecule has 0 radical (unpaired) electrons. The van der Waals surface area contributed by atoms with Crippen LogP contribution in [0.15, 0.2) is 22.7 Å². The Bertz CT molecular complexity index is 307. The molecule has 1 atom stereocenters. The Labute approximate surface area is 109 Å². The van der Waals surface area contributed by atoms with Crippen LogP contribution in [-0.2, 0) is 6.42 Å². The third kappa shape index (κ3) is 4.85. The fourth-order valence-electron chi connectivity index (χ4n) is 1.69. The Hall–Kier alpha value is -0.0600. The van der Waals surface area contributed by atoms with Crippen LogP contribution in [0.3, 0.4) is 0 Å². The summed E-state index contributed by atoms with van der Waals surface area (Å²) < 4.78 is 14.0. The number of hydrogen-bond donors (Lipinski definition) is 1. The molecule has 1 unspecified atom stereocenters. The molecule has 1 nitrogen and oxygen atoms in total. The van der Waals surface area contributed by atoms with E-state index in [0.717, 1.165) is 28.8 Å². The van der Waals surface area contributed by atoms with Gasteiger partial charge in [-0.15, -0.1) is 0 Å². The van der Waals surface area contributed by atoms with Crippen LogP contribution in [0.4, 0.5) is 4.39 Å².